The first-order valence-corrected chi connectivity index (χ1v) is 6.71. The van der Waals surface area contributed by atoms with Crippen LogP contribution in [0.3, 0.4) is 0 Å². The van der Waals surface area contributed by atoms with Crippen LogP contribution in [-0.4, -0.2) is 21.0 Å². The normalized spacial score (nSPS) is 11.2. The van der Waals surface area contributed by atoms with Crippen molar-refractivity contribution in [2.75, 3.05) is 6.73 Å². The second kappa shape index (κ2) is 3.73. The molecule has 0 aromatic heterocycles. The van der Waals surface area contributed by atoms with Gasteiger partial charge in [0, 0.05) is 6.92 Å². The Hall–Kier alpha value is -0.353. The van der Waals surface area contributed by atoms with Gasteiger partial charge in [0.2, 0.25) is 5.91 Å². The van der Waals surface area contributed by atoms with E-state index in [1.807, 2.05) is 0 Å². The van der Waals surface area contributed by atoms with Crippen molar-refractivity contribution in [1.82, 2.24) is 5.32 Å². The van der Waals surface area contributed by atoms with E-state index >= 15 is 0 Å². The van der Waals surface area contributed by atoms with E-state index in [4.69, 9.17) is 4.43 Å². The van der Waals surface area contributed by atoms with Crippen LogP contribution in [0.4, 0.5) is 0 Å². The summed E-state index contributed by atoms with van der Waals surface area (Å²) in [5.74, 6) is -0.0433. The molecule has 0 fully saturated rings. The zero-order valence-corrected chi connectivity index (χ0v) is 8.02. The van der Waals surface area contributed by atoms with Gasteiger partial charge in [0.15, 0.2) is 8.32 Å². The molecule has 1 amide bonds. The van der Waals surface area contributed by atoms with E-state index in [9.17, 15) is 4.79 Å². The topological polar surface area (TPSA) is 38.3 Å². The Kier molecular flexibility index (Phi) is 3.60. The summed E-state index contributed by atoms with van der Waals surface area (Å²) in [6.45, 7) is 8.07. The Balaban J connectivity index is 3.29. The lowest BCUT2D eigenvalue weighted by molar-refractivity contribution is -0.119. The van der Waals surface area contributed by atoms with Crippen molar-refractivity contribution in [2.45, 2.75) is 26.6 Å². The van der Waals surface area contributed by atoms with Crippen molar-refractivity contribution in [2.24, 2.45) is 0 Å². The summed E-state index contributed by atoms with van der Waals surface area (Å²) in [6.07, 6.45) is 0. The van der Waals surface area contributed by atoms with Crippen LogP contribution in [0.1, 0.15) is 6.92 Å². The van der Waals surface area contributed by atoms with Gasteiger partial charge in [-0.3, -0.25) is 4.79 Å². The van der Waals surface area contributed by atoms with Crippen molar-refractivity contribution in [3.8, 4) is 0 Å². The zero-order chi connectivity index (χ0) is 8.20. The first-order chi connectivity index (χ1) is 4.42. The smallest absolute Gasteiger partial charge is 0.218 e. The molecule has 0 aromatic carbocycles. The van der Waals surface area contributed by atoms with Gasteiger partial charge in [0.25, 0.3) is 0 Å². The minimum atomic E-state index is -1.44. The number of hydrogen-bond donors (Lipinski definition) is 1. The Morgan fingerprint density at radius 2 is 2.00 bits per heavy atom. The molecule has 60 valence electrons. The quantitative estimate of drug-likeness (QED) is 0.494. The van der Waals surface area contributed by atoms with Gasteiger partial charge >= 0.3 is 0 Å². The lowest BCUT2D eigenvalue weighted by Crippen LogP contribution is -2.33. The maximum Gasteiger partial charge on any atom is 0.218 e. The summed E-state index contributed by atoms with van der Waals surface area (Å²) in [5, 5.41) is 2.58. The maximum absolute atomic E-state index is 10.4. The number of carbonyl (C=O) groups is 1. The molecule has 0 aromatic rings. The maximum atomic E-state index is 10.4. The monoisotopic (exact) mass is 161 g/mol. The second-order valence-electron chi connectivity index (χ2n) is 3.13. The molecule has 0 bridgehead atoms. The van der Waals surface area contributed by atoms with Crippen LogP contribution in [-0.2, 0) is 9.22 Å². The molecular weight excluding hydrogens is 146 g/mol. The molecule has 1 N–H and O–H groups in total. The molecule has 0 rings (SSSR count). The summed E-state index contributed by atoms with van der Waals surface area (Å²) < 4.78 is 5.35. The molecule has 0 saturated carbocycles. The summed E-state index contributed by atoms with van der Waals surface area (Å²) >= 11 is 0. The van der Waals surface area contributed by atoms with Crippen LogP contribution < -0.4 is 5.32 Å². The summed E-state index contributed by atoms with van der Waals surface area (Å²) in [4.78, 5) is 10.4. The van der Waals surface area contributed by atoms with Crippen LogP contribution in [0, 0.1) is 0 Å². The Morgan fingerprint density at radius 1 is 1.50 bits per heavy atom. The van der Waals surface area contributed by atoms with Crippen molar-refractivity contribution < 1.29 is 9.22 Å². The standard InChI is InChI=1S/C6H15NO2Si/c1-6(8)7-5-9-10(2,3)4/h5H2,1-4H3,(H,7,8). The molecule has 0 radical (unpaired) electrons. The van der Waals surface area contributed by atoms with Crippen molar-refractivity contribution in [3.63, 3.8) is 0 Å². The summed E-state index contributed by atoms with van der Waals surface area (Å²) in [5.41, 5.74) is 0. The molecule has 0 heterocycles. The molecule has 0 aliphatic carbocycles. The fourth-order valence-electron chi connectivity index (χ4n) is 0.354. The predicted octanol–water partition coefficient (Wildman–Crippen LogP) is 0.931. The lowest BCUT2D eigenvalue weighted by Gasteiger charge is -2.16. The van der Waals surface area contributed by atoms with E-state index in [0.29, 0.717) is 6.73 Å². The molecule has 0 aliphatic rings. The fraction of sp³-hybridized carbons (Fsp3) is 0.833. The Bertz CT molecular complexity index is 119. The minimum absolute atomic E-state index is 0.0433. The third kappa shape index (κ3) is 7.65. The molecule has 10 heavy (non-hydrogen) atoms. The number of rotatable bonds is 3. The van der Waals surface area contributed by atoms with Gasteiger partial charge in [0.1, 0.15) is 6.73 Å². The van der Waals surface area contributed by atoms with E-state index in [2.05, 4.69) is 25.0 Å². The van der Waals surface area contributed by atoms with Gasteiger partial charge in [0.05, 0.1) is 0 Å². The van der Waals surface area contributed by atoms with Crippen LogP contribution in [0.25, 0.3) is 0 Å². The molecule has 4 heteroatoms. The summed E-state index contributed by atoms with van der Waals surface area (Å²) in [6, 6.07) is 0. The van der Waals surface area contributed by atoms with Crippen LogP contribution in [0.2, 0.25) is 19.6 Å². The highest BCUT2D eigenvalue weighted by Crippen LogP contribution is 1.99. The van der Waals surface area contributed by atoms with Crippen molar-refractivity contribution in [1.29, 1.82) is 0 Å². The predicted molar refractivity (Wildman–Crippen MR) is 43.1 cm³/mol. The third-order valence-corrected chi connectivity index (χ3v) is 1.84. The highest BCUT2D eigenvalue weighted by molar-refractivity contribution is 6.69. The zero-order valence-electron chi connectivity index (χ0n) is 7.02. The summed E-state index contributed by atoms with van der Waals surface area (Å²) in [7, 11) is -1.44. The van der Waals surface area contributed by atoms with Crippen molar-refractivity contribution in [3.05, 3.63) is 0 Å². The van der Waals surface area contributed by atoms with Gasteiger partial charge in [-0.25, -0.2) is 0 Å². The molecule has 0 unspecified atom stereocenters. The SMILES string of the molecule is CC(=O)NCO[Si](C)(C)C. The van der Waals surface area contributed by atoms with Gasteiger partial charge in [-0.15, -0.1) is 0 Å². The number of amides is 1. The van der Waals surface area contributed by atoms with Gasteiger partial charge in [-0.1, -0.05) is 0 Å². The number of carbonyl (C=O) groups excluding carboxylic acids is 1. The first-order valence-electron chi connectivity index (χ1n) is 3.30. The number of hydrogen-bond acceptors (Lipinski definition) is 2. The van der Waals surface area contributed by atoms with Crippen LogP contribution in [0.15, 0.2) is 0 Å². The molecule has 0 spiro atoms. The molecule has 0 saturated heterocycles. The van der Waals surface area contributed by atoms with Gasteiger partial charge in [-0.2, -0.15) is 0 Å². The number of nitrogens with one attached hydrogen (secondary N) is 1. The van der Waals surface area contributed by atoms with Crippen LogP contribution in [0.5, 0.6) is 0 Å². The largest absolute Gasteiger partial charge is 0.400 e. The highest BCUT2D eigenvalue weighted by Gasteiger charge is 2.13. The average Bonchev–Trinajstić information content (AvgIpc) is 1.59. The lowest BCUT2D eigenvalue weighted by atomic mass is 10.7. The van der Waals surface area contributed by atoms with E-state index < -0.39 is 8.32 Å². The highest BCUT2D eigenvalue weighted by atomic mass is 28.4. The third-order valence-electron chi connectivity index (χ3n) is 0.826. The Labute approximate surface area is 62.9 Å². The molecule has 0 atom stereocenters. The fourth-order valence-corrected chi connectivity index (χ4v) is 0.859. The molecule has 3 nitrogen and oxygen atoms in total. The Morgan fingerprint density at radius 3 is 2.30 bits per heavy atom. The van der Waals surface area contributed by atoms with Gasteiger partial charge < -0.3 is 9.74 Å². The van der Waals surface area contributed by atoms with E-state index in [0.717, 1.165) is 0 Å². The first kappa shape index (κ1) is 9.65. The average molecular weight is 161 g/mol. The second-order valence-corrected chi connectivity index (χ2v) is 7.65. The van der Waals surface area contributed by atoms with E-state index in [1.54, 1.807) is 0 Å². The molecular formula is C6H15NO2Si. The van der Waals surface area contributed by atoms with Gasteiger partial charge in [-0.05, 0) is 19.6 Å². The van der Waals surface area contributed by atoms with E-state index in [-0.39, 0.29) is 5.91 Å². The molecule has 0 aliphatic heterocycles. The van der Waals surface area contributed by atoms with E-state index in [1.165, 1.54) is 6.92 Å². The minimum Gasteiger partial charge on any atom is -0.400 e. The van der Waals surface area contributed by atoms with Crippen LogP contribution >= 0.6 is 0 Å². The van der Waals surface area contributed by atoms with Crippen molar-refractivity contribution >= 4 is 14.2 Å².